The third kappa shape index (κ3) is 6.23. The second-order valence-electron chi connectivity index (χ2n) is 6.37. The predicted octanol–water partition coefficient (Wildman–Crippen LogP) is 3.83. The van der Waals surface area contributed by atoms with Crippen LogP contribution in [0.2, 0.25) is 0 Å². The third-order valence-electron chi connectivity index (χ3n) is 4.32. The number of hydrogen-bond acceptors (Lipinski definition) is 2. The van der Waals surface area contributed by atoms with Crippen LogP contribution in [-0.2, 0) is 12.8 Å². The Morgan fingerprint density at radius 3 is 2.81 bits per heavy atom. The van der Waals surface area contributed by atoms with Crippen molar-refractivity contribution in [2.75, 3.05) is 19.6 Å². The lowest BCUT2D eigenvalue weighted by Crippen LogP contribution is -2.38. The molecule has 3 rings (SSSR count). The van der Waals surface area contributed by atoms with Gasteiger partial charge in [0.05, 0.1) is 0 Å². The zero-order valence-electron chi connectivity index (χ0n) is 16.0. The molecule has 0 atom stereocenters. The molecule has 27 heavy (non-hydrogen) atoms. The molecule has 3 aromatic rings. The molecule has 6 heteroatoms. The Balaban J connectivity index is 0.00000261. The van der Waals surface area contributed by atoms with Crippen molar-refractivity contribution in [1.29, 1.82) is 0 Å². The molecule has 0 unspecified atom stereocenters. The average Bonchev–Trinajstić information content (AvgIpc) is 3.04. The molecule has 144 valence electrons. The molecule has 0 radical (unpaired) electrons. The van der Waals surface area contributed by atoms with Gasteiger partial charge in [-0.2, -0.15) is 0 Å². The molecule has 0 bridgehead atoms. The lowest BCUT2D eigenvalue weighted by atomic mass is 10.1. The summed E-state index contributed by atoms with van der Waals surface area (Å²) in [5.74, 6) is 0.860. The Morgan fingerprint density at radius 2 is 2.04 bits per heavy atom. The van der Waals surface area contributed by atoms with Crippen LogP contribution >= 0.6 is 24.0 Å². The average molecular weight is 477 g/mol. The maximum atomic E-state index is 4.65. The molecule has 1 aromatic carbocycles. The van der Waals surface area contributed by atoms with Crippen LogP contribution < -0.4 is 10.6 Å². The first-order valence-electron chi connectivity index (χ1n) is 9.25. The van der Waals surface area contributed by atoms with E-state index >= 15 is 0 Å². The topological polar surface area (TPSA) is 65.1 Å². The van der Waals surface area contributed by atoms with Crippen LogP contribution in [0, 0.1) is 6.92 Å². The van der Waals surface area contributed by atoms with Gasteiger partial charge in [-0.25, -0.2) is 0 Å². The smallest absolute Gasteiger partial charge is 0.191 e. The van der Waals surface area contributed by atoms with Crippen molar-refractivity contribution in [3.05, 3.63) is 65.6 Å². The largest absolute Gasteiger partial charge is 0.361 e. The highest BCUT2D eigenvalue weighted by Gasteiger charge is 2.04. The van der Waals surface area contributed by atoms with Gasteiger partial charge in [0.1, 0.15) is 0 Å². The summed E-state index contributed by atoms with van der Waals surface area (Å²) >= 11 is 0. The quantitative estimate of drug-likeness (QED) is 0.275. The van der Waals surface area contributed by atoms with Crippen LogP contribution in [0.25, 0.3) is 10.9 Å². The Hall–Kier alpha value is -2.09. The van der Waals surface area contributed by atoms with Gasteiger partial charge in [0, 0.05) is 55.0 Å². The number of hydrogen-bond donors (Lipinski definition) is 3. The molecule has 3 N–H and O–H groups in total. The fraction of sp³-hybridized carbons (Fsp3) is 0.333. The van der Waals surface area contributed by atoms with Crippen LogP contribution in [0.5, 0.6) is 0 Å². The van der Waals surface area contributed by atoms with Gasteiger partial charge >= 0.3 is 0 Å². The second-order valence-corrected chi connectivity index (χ2v) is 6.37. The van der Waals surface area contributed by atoms with Crippen molar-refractivity contribution >= 4 is 40.8 Å². The molecule has 0 fully saturated rings. The number of nitrogens with one attached hydrogen (secondary N) is 3. The van der Waals surface area contributed by atoms with Gasteiger partial charge in [-0.15, -0.1) is 24.0 Å². The minimum Gasteiger partial charge on any atom is -0.361 e. The summed E-state index contributed by atoms with van der Waals surface area (Å²) in [5.41, 5.74) is 4.88. The Kier molecular flexibility index (Phi) is 8.57. The molecular formula is C21H28IN5. The summed E-state index contributed by atoms with van der Waals surface area (Å²) in [5, 5.41) is 8.03. The normalized spacial score (nSPS) is 11.3. The van der Waals surface area contributed by atoms with Crippen molar-refractivity contribution in [2.45, 2.75) is 26.7 Å². The minimum atomic E-state index is 0. The van der Waals surface area contributed by atoms with Crippen LogP contribution in [0.15, 0.2) is 53.8 Å². The highest BCUT2D eigenvalue weighted by molar-refractivity contribution is 14.0. The number of halogens is 1. The summed E-state index contributed by atoms with van der Waals surface area (Å²) in [7, 11) is 0. The first-order valence-corrected chi connectivity index (χ1v) is 9.25. The van der Waals surface area contributed by atoms with Crippen LogP contribution in [-0.4, -0.2) is 35.6 Å². The molecule has 2 heterocycles. The number of pyridine rings is 1. The van der Waals surface area contributed by atoms with E-state index in [0.717, 1.165) is 44.1 Å². The lowest BCUT2D eigenvalue weighted by Gasteiger charge is -2.11. The van der Waals surface area contributed by atoms with Gasteiger partial charge in [0.2, 0.25) is 0 Å². The van der Waals surface area contributed by atoms with Gasteiger partial charge in [-0.05, 0) is 49.6 Å². The maximum absolute atomic E-state index is 4.65. The number of aromatic amines is 1. The Morgan fingerprint density at radius 1 is 1.15 bits per heavy atom. The number of aryl methyl sites for hydroxylation is 1. The highest BCUT2D eigenvalue weighted by Crippen LogP contribution is 2.19. The van der Waals surface area contributed by atoms with Crippen LogP contribution in [0.4, 0.5) is 0 Å². The fourth-order valence-corrected chi connectivity index (χ4v) is 2.99. The summed E-state index contributed by atoms with van der Waals surface area (Å²) in [4.78, 5) is 12.4. The number of benzene rings is 1. The predicted molar refractivity (Wildman–Crippen MR) is 124 cm³/mol. The number of fused-ring (bicyclic) bond motifs is 1. The van der Waals surface area contributed by atoms with Crippen molar-refractivity contribution in [2.24, 2.45) is 4.99 Å². The van der Waals surface area contributed by atoms with Crippen LogP contribution in [0.1, 0.15) is 23.7 Å². The number of guanidine groups is 1. The Labute approximate surface area is 178 Å². The highest BCUT2D eigenvalue weighted by atomic mass is 127. The molecule has 5 nitrogen and oxygen atoms in total. The van der Waals surface area contributed by atoms with E-state index in [2.05, 4.69) is 63.8 Å². The van der Waals surface area contributed by atoms with Gasteiger partial charge in [-0.3, -0.25) is 9.98 Å². The van der Waals surface area contributed by atoms with E-state index in [1.165, 1.54) is 22.0 Å². The number of H-pyrrole nitrogens is 1. The molecule has 0 aliphatic carbocycles. The molecule has 2 aromatic heterocycles. The van der Waals surface area contributed by atoms with E-state index in [-0.39, 0.29) is 24.0 Å². The number of aliphatic imine (C=N–C) groups is 1. The van der Waals surface area contributed by atoms with Crippen molar-refractivity contribution in [3.63, 3.8) is 0 Å². The Bertz CT molecular complexity index is 857. The molecule has 0 aliphatic heterocycles. The second kappa shape index (κ2) is 10.9. The van der Waals surface area contributed by atoms with E-state index in [4.69, 9.17) is 0 Å². The van der Waals surface area contributed by atoms with E-state index in [9.17, 15) is 0 Å². The molecular weight excluding hydrogens is 449 g/mol. The maximum Gasteiger partial charge on any atom is 0.191 e. The standard InChI is InChI=1S/C21H27N5.HI/c1-3-22-21(25-13-10-18-6-4-5-11-23-18)24-12-9-17-15-26-20-14-16(2)7-8-19(17)20;/h4-8,11,14-15,26H,3,9-10,12-13H2,1-2H3,(H2,22,24,25);1H. The lowest BCUT2D eigenvalue weighted by molar-refractivity contribution is 0.796. The zero-order chi connectivity index (χ0) is 18.2. The summed E-state index contributed by atoms with van der Waals surface area (Å²) in [6, 6.07) is 12.5. The van der Waals surface area contributed by atoms with Crippen LogP contribution in [0.3, 0.4) is 0 Å². The minimum absolute atomic E-state index is 0. The summed E-state index contributed by atoms with van der Waals surface area (Å²) in [6.45, 7) is 6.61. The fourth-order valence-electron chi connectivity index (χ4n) is 2.99. The molecule has 0 spiro atoms. The first-order chi connectivity index (χ1) is 12.8. The number of nitrogens with zero attached hydrogens (tertiary/aromatic N) is 2. The van der Waals surface area contributed by atoms with Gasteiger partial charge in [0.25, 0.3) is 0 Å². The monoisotopic (exact) mass is 477 g/mol. The molecule has 0 amide bonds. The first kappa shape index (κ1) is 21.2. The van der Waals surface area contributed by atoms with Crippen molar-refractivity contribution in [3.8, 4) is 0 Å². The van der Waals surface area contributed by atoms with E-state index < -0.39 is 0 Å². The number of aromatic nitrogens is 2. The van der Waals surface area contributed by atoms with Gasteiger partial charge in [-0.1, -0.05) is 18.2 Å². The molecule has 0 aliphatic rings. The van der Waals surface area contributed by atoms with E-state index in [0.29, 0.717) is 0 Å². The SMILES string of the molecule is CCNC(=NCCc1ccccn1)NCCc1c[nH]c2cc(C)ccc12.I. The van der Waals surface area contributed by atoms with Gasteiger partial charge < -0.3 is 15.6 Å². The van der Waals surface area contributed by atoms with E-state index in [1.807, 2.05) is 24.4 Å². The summed E-state index contributed by atoms with van der Waals surface area (Å²) in [6.07, 6.45) is 5.73. The van der Waals surface area contributed by atoms with E-state index in [1.54, 1.807) is 0 Å². The van der Waals surface area contributed by atoms with Crippen molar-refractivity contribution < 1.29 is 0 Å². The summed E-state index contributed by atoms with van der Waals surface area (Å²) < 4.78 is 0. The third-order valence-corrected chi connectivity index (χ3v) is 4.32. The number of rotatable bonds is 7. The van der Waals surface area contributed by atoms with Gasteiger partial charge in [0.15, 0.2) is 5.96 Å². The molecule has 0 saturated carbocycles. The van der Waals surface area contributed by atoms with Crippen molar-refractivity contribution in [1.82, 2.24) is 20.6 Å². The zero-order valence-corrected chi connectivity index (χ0v) is 18.3. The molecule has 0 saturated heterocycles.